The minimum Gasteiger partial charge on any atom is -0.334 e. The number of alkyl halides is 3. The van der Waals surface area contributed by atoms with Crippen LogP contribution in [0.4, 0.5) is 13.2 Å². The van der Waals surface area contributed by atoms with E-state index in [0.29, 0.717) is 20.3 Å². The van der Waals surface area contributed by atoms with Gasteiger partial charge in [-0.3, -0.25) is 4.79 Å². The molecule has 1 fully saturated rings. The topological polar surface area (TPSA) is 50.5 Å². The molecule has 0 N–H and O–H groups in total. The molecule has 10 heteroatoms. The third-order valence-electron chi connectivity index (χ3n) is 5.12. The molecule has 0 aliphatic carbocycles. The fourth-order valence-electron chi connectivity index (χ4n) is 3.70. The second-order valence-electron chi connectivity index (χ2n) is 6.98. The molecule has 0 unspecified atom stereocenters. The van der Waals surface area contributed by atoms with Crippen LogP contribution in [0, 0.1) is 0 Å². The fourth-order valence-corrected chi connectivity index (χ4v) is 4.70. The van der Waals surface area contributed by atoms with Crippen molar-refractivity contribution in [1.82, 2.24) is 19.5 Å². The Morgan fingerprint density at radius 3 is 2.76 bits per heavy atom. The maximum atomic E-state index is 13.7. The molecule has 1 aliphatic heterocycles. The van der Waals surface area contributed by atoms with Gasteiger partial charge in [0, 0.05) is 18.7 Å². The summed E-state index contributed by atoms with van der Waals surface area (Å²) in [7, 11) is 0. The second kappa shape index (κ2) is 7.60. The van der Waals surface area contributed by atoms with Gasteiger partial charge < -0.3 is 4.90 Å². The number of carbonyl (C=O) groups is 1. The Labute approximate surface area is 174 Å². The predicted octanol–water partition coefficient (Wildman–Crippen LogP) is 5.53. The molecule has 1 atom stereocenters. The molecule has 4 rings (SSSR count). The van der Waals surface area contributed by atoms with Crippen LogP contribution in [0.3, 0.4) is 0 Å². The maximum absolute atomic E-state index is 13.7. The molecule has 0 saturated carbocycles. The number of rotatable bonds is 3. The van der Waals surface area contributed by atoms with Gasteiger partial charge in [-0.1, -0.05) is 18.5 Å². The van der Waals surface area contributed by atoms with Gasteiger partial charge in [-0.05, 0) is 43.9 Å². The van der Waals surface area contributed by atoms with Gasteiger partial charge in [-0.2, -0.15) is 18.3 Å². The van der Waals surface area contributed by atoms with Crippen molar-refractivity contribution in [3.63, 3.8) is 0 Å². The van der Waals surface area contributed by atoms with Crippen LogP contribution in [0.5, 0.6) is 0 Å². The lowest BCUT2D eigenvalue weighted by atomic mass is 9.99. The van der Waals surface area contributed by atoms with Crippen molar-refractivity contribution in [3.8, 4) is 10.6 Å². The first kappa shape index (κ1) is 20.2. The highest BCUT2D eigenvalue weighted by Crippen LogP contribution is 2.35. The molecular formula is C19H18ClF3N4OS. The van der Waals surface area contributed by atoms with Crippen LogP contribution in [0.25, 0.3) is 16.2 Å². The van der Waals surface area contributed by atoms with Crippen molar-refractivity contribution in [2.24, 2.45) is 0 Å². The number of likely N-dealkylation sites (tertiary alicyclic amines) is 1. The van der Waals surface area contributed by atoms with Crippen LogP contribution in [-0.4, -0.2) is 38.0 Å². The average Bonchev–Trinajstić information content (AvgIpc) is 3.31. The number of carbonyl (C=O) groups excluding carboxylic acids is 1. The minimum absolute atomic E-state index is 0.0206. The maximum Gasteiger partial charge on any atom is 0.433 e. The molecule has 29 heavy (non-hydrogen) atoms. The summed E-state index contributed by atoms with van der Waals surface area (Å²) in [6.07, 6.45) is -1.04. The number of hydrogen-bond donors (Lipinski definition) is 0. The summed E-state index contributed by atoms with van der Waals surface area (Å²) in [5.41, 5.74) is -0.880. The summed E-state index contributed by atoms with van der Waals surface area (Å²) < 4.78 is 42.2. The van der Waals surface area contributed by atoms with E-state index in [1.165, 1.54) is 6.07 Å². The smallest absolute Gasteiger partial charge is 0.334 e. The molecule has 1 saturated heterocycles. The molecule has 0 bridgehead atoms. The van der Waals surface area contributed by atoms with Crippen molar-refractivity contribution in [2.45, 2.75) is 44.8 Å². The van der Waals surface area contributed by atoms with Crippen LogP contribution in [0.2, 0.25) is 4.34 Å². The zero-order valence-corrected chi connectivity index (χ0v) is 17.1. The zero-order chi connectivity index (χ0) is 20.8. The number of piperidine rings is 1. The van der Waals surface area contributed by atoms with Crippen LogP contribution in [-0.2, 0) is 6.18 Å². The zero-order valence-electron chi connectivity index (χ0n) is 15.5. The van der Waals surface area contributed by atoms with E-state index in [1.54, 1.807) is 17.0 Å². The summed E-state index contributed by atoms with van der Waals surface area (Å²) in [6.45, 7) is 2.59. The van der Waals surface area contributed by atoms with Gasteiger partial charge in [0.1, 0.15) is 0 Å². The quantitative estimate of drug-likeness (QED) is 0.535. The van der Waals surface area contributed by atoms with Gasteiger partial charge in [0.2, 0.25) is 0 Å². The van der Waals surface area contributed by atoms with Crippen LogP contribution >= 0.6 is 22.9 Å². The van der Waals surface area contributed by atoms with Gasteiger partial charge in [-0.25, -0.2) is 9.50 Å². The number of nitrogens with zero attached hydrogens (tertiary/aromatic N) is 4. The number of thiophene rings is 1. The number of halogens is 4. The SMILES string of the molecule is CC[C@@H]1CCCCN1C(=O)c1cc2nc(-c3ccc(Cl)s3)cc(C(F)(F)F)n2n1. The molecule has 0 radical (unpaired) electrons. The highest BCUT2D eigenvalue weighted by atomic mass is 35.5. The molecule has 0 aromatic carbocycles. The first-order valence-corrected chi connectivity index (χ1v) is 10.5. The summed E-state index contributed by atoms with van der Waals surface area (Å²) in [5, 5.41) is 3.98. The number of fused-ring (bicyclic) bond motifs is 1. The van der Waals surface area contributed by atoms with Gasteiger partial charge in [0.05, 0.1) is 14.9 Å². The first-order chi connectivity index (χ1) is 13.8. The predicted molar refractivity (Wildman–Crippen MR) is 105 cm³/mol. The van der Waals surface area contributed by atoms with E-state index in [9.17, 15) is 18.0 Å². The minimum atomic E-state index is -4.65. The van der Waals surface area contributed by atoms with E-state index in [-0.39, 0.29) is 29.0 Å². The van der Waals surface area contributed by atoms with Gasteiger partial charge in [-0.15, -0.1) is 11.3 Å². The Hall–Kier alpha value is -2.13. The molecular weight excluding hydrogens is 425 g/mol. The number of hydrogen-bond acceptors (Lipinski definition) is 4. The normalized spacial score (nSPS) is 17.8. The van der Waals surface area contributed by atoms with Gasteiger partial charge in [0.15, 0.2) is 17.0 Å². The van der Waals surface area contributed by atoms with E-state index in [2.05, 4.69) is 10.1 Å². The summed E-state index contributed by atoms with van der Waals surface area (Å²) >= 11 is 7.06. The molecule has 5 nitrogen and oxygen atoms in total. The van der Waals surface area contributed by atoms with Crippen molar-refractivity contribution in [1.29, 1.82) is 0 Å². The largest absolute Gasteiger partial charge is 0.433 e. The lowest BCUT2D eigenvalue weighted by Crippen LogP contribution is -2.43. The Kier molecular flexibility index (Phi) is 5.29. The van der Waals surface area contributed by atoms with Gasteiger partial charge in [0.25, 0.3) is 5.91 Å². The Bertz CT molecular complexity index is 1060. The third-order valence-corrected chi connectivity index (χ3v) is 6.38. The van der Waals surface area contributed by atoms with E-state index in [1.807, 2.05) is 6.92 Å². The van der Waals surface area contributed by atoms with E-state index < -0.39 is 11.9 Å². The Balaban J connectivity index is 1.81. The van der Waals surface area contributed by atoms with Crippen molar-refractivity contribution in [3.05, 3.63) is 40.0 Å². The standard InChI is InChI=1S/C19H18ClF3N4OS/c1-2-11-5-3-4-8-26(11)18(28)13-10-17-24-12(14-6-7-16(20)29-14)9-15(19(21,22)23)27(17)25-13/h6-7,9-11H,2-5,8H2,1H3/t11-/m1/s1. The molecule has 0 spiro atoms. The number of aromatic nitrogens is 3. The average molecular weight is 443 g/mol. The second-order valence-corrected chi connectivity index (χ2v) is 8.70. The summed E-state index contributed by atoms with van der Waals surface area (Å²) in [6, 6.07) is 5.57. The Morgan fingerprint density at radius 1 is 1.31 bits per heavy atom. The first-order valence-electron chi connectivity index (χ1n) is 9.32. The molecule has 3 aromatic rings. The molecule has 1 aliphatic rings. The van der Waals surface area contributed by atoms with E-state index >= 15 is 0 Å². The molecule has 154 valence electrons. The van der Waals surface area contributed by atoms with Crippen molar-refractivity contribution < 1.29 is 18.0 Å². The van der Waals surface area contributed by atoms with Gasteiger partial charge >= 0.3 is 6.18 Å². The molecule has 1 amide bonds. The van der Waals surface area contributed by atoms with Crippen molar-refractivity contribution in [2.75, 3.05) is 6.54 Å². The lowest BCUT2D eigenvalue weighted by molar-refractivity contribution is -0.142. The highest BCUT2D eigenvalue weighted by Gasteiger charge is 2.36. The monoisotopic (exact) mass is 442 g/mol. The van der Waals surface area contributed by atoms with E-state index in [0.717, 1.165) is 43.1 Å². The lowest BCUT2D eigenvalue weighted by Gasteiger charge is -2.34. The molecule has 4 heterocycles. The van der Waals surface area contributed by atoms with Crippen LogP contribution in [0.15, 0.2) is 24.3 Å². The fraction of sp³-hybridized carbons (Fsp3) is 0.421. The van der Waals surface area contributed by atoms with Crippen LogP contribution in [0.1, 0.15) is 48.8 Å². The summed E-state index contributed by atoms with van der Waals surface area (Å²) in [5.74, 6) is -0.351. The van der Waals surface area contributed by atoms with Crippen molar-refractivity contribution >= 4 is 34.5 Å². The third kappa shape index (κ3) is 3.85. The Morgan fingerprint density at radius 2 is 2.10 bits per heavy atom. The summed E-state index contributed by atoms with van der Waals surface area (Å²) in [4.78, 5) is 19.5. The van der Waals surface area contributed by atoms with Crippen LogP contribution < -0.4 is 0 Å². The van der Waals surface area contributed by atoms with E-state index in [4.69, 9.17) is 11.6 Å². The molecule has 3 aromatic heterocycles. The highest BCUT2D eigenvalue weighted by molar-refractivity contribution is 7.19. The number of amides is 1.